The summed E-state index contributed by atoms with van der Waals surface area (Å²) < 4.78 is 0. The monoisotopic (exact) mass is 474 g/mol. The number of H-pyrrole nitrogens is 1. The molecule has 0 bridgehead atoms. The van der Waals surface area contributed by atoms with Gasteiger partial charge in [0.15, 0.2) is 5.65 Å². The Labute approximate surface area is 207 Å². The molecule has 0 atom stereocenters. The summed E-state index contributed by atoms with van der Waals surface area (Å²) in [6.07, 6.45) is 5.29. The maximum atomic E-state index is 13.5. The molecule has 176 valence electrons. The second kappa shape index (κ2) is 7.85. The van der Waals surface area contributed by atoms with Crippen molar-refractivity contribution >= 4 is 39.5 Å². The number of carbonyl (C=O) groups excluding carboxylic acids is 1. The van der Waals surface area contributed by atoms with Gasteiger partial charge in [-0.15, -0.1) is 0 Å². The molecule has 1 N–H and O–H groups in total. The Kier molecular flexibility index (Phi) is 4.73. The van der Waals surface area contributed by atoms with Gasteiger partial charge in [-0.3, -0.25) is 15.0 Å². The molecule has 0 unspecified atom stereocenters. The molecule has 4 aromatic heterocycles. The number of fused-ring (bicyclic) bond motifs is 4. The molecule has 2 amide bonds. The molecule has 36 heavy (non-hydrogen) atoms. The van der Waals surface area contributed by atoms with E-state index < -0.39 is 5.41 Å². The van der Waals surface area contributed by atoms with Crippen LogP contribution in [0.4, 0.5) is 16.2 Å². The summed E-state index contributed by atoms with van der Waals surface area (Å²) in [6.45, 7) is 4.18. The summed E-state index contributed by atoms with van der Waals surface area (Å²) in [5.74, 6) is 0. The quantitative estimate of drug-likeness (QED) is 0.390. The third kappa shape index (κ3) is 3.34. The second-order valence-corrected chi connectivity index (χ2v) is 9.49. The molecular formula is C27H22N8O. The molecule has 0 fully saturated rings. The minimum absolute atomic E-state index is 0.157. The minimum atomic E-state index is -0.629. The number of carbonyl (C=O) groups is 1. The van der Waals surface area contributed by atoms with E-state index in [1.54, 1.807) is 35.4 Å². The van der Waals surface area contributed by atoms with Crippen LogP contribution >= 0.6 is 0 Å². The Bertz CT molecular complexity index is 1700. The Morgan fingerprint density at radius 3 is 2.64 bits per heavy atom. The highest BCUT2D eigenvalue weighted by atomic mass is 16.2. The van der Waals surface area contributed by atoms with E-state index in [2.05, 4.69) is 26.2 Å². The third-order valence-corrected chi connectivity index (χ3v) is 6.62. The van der Waals surface area contributed by atoms with Crippen molar-refractivity contribution in [2.45, 2.75) is 25.8 Å². The van der Waals surface area contributed by atoms with Crippen molar-refractivity contribution in [2.24, 2.45) is 0 Å². The standard InChI is InChI=1S/C27H22N8O/c1-27(2,15-28)19-4-6-20(7-5-19)35-24-18(14-34(3)26(35)36)12-29-22-9-8-21(32-23(22)24)16-10-17-13-31-33-25(17)30-11-16/h4-13H,14H2,1-3H3,(H,30,31,33). The summed E-state index contributed by atoms with van der Waals surface area (Å²) >= 11 is 0. The number of hydrogen-bond acceptors (Lipinski definition) is 6. The van der Waals surface area contributed by atoms with E-state index in [4.69, 9.17) is 4.98 Å². The van der Waals surface area contributed by atoms with E-state index >= 15 is 0 Å². The van der Waals surface area contributed by atoms with Crippen LogP contribution in [0.3, 0.4) is 0 Å². The molecule has 0 saturated carbocycles. The molecule has 1 aromatic carbocycles. The van der Waals surface area contributed by atoms with Gasteiger partial charge in [0.2, 0.25) is 0 Å². The molecule has 0 aliphatic carbocycles. The fourth-order valence-electron chi connectivity index (χ4n) is 4.51. The summed E-state index contributed by atoms with van der Waals surface area (Å²) in [7, 11) is 1.77. The summed E-state index contributed by atoms with van der Waals surface area (Å²) in [5.41, 5.74) is 6.19. The van der Waals surface area contributed by atoms with Crippen LogP contribution in [-0.2, 0) is 12.0 Å². The number of hydrogen-bond donors (Lipinski definition) is 1. The molecule has 0 radical (unpaired) electrons. The van der Waals surface area contributed by atoms with Crippen molar-refractivity contribution in [1.29, 1.82) is 5.26 Å². The number of rotatable bonds is 3. The number of pyridine rings is 3. The van der Waals surface area contributed by atoms with Crippen molar-refractivity contribution in [3.63, 3.8) is 0 Å². The third-order valence-electron chi connectivity index (χ3n) is 6.62. The van der Waals surface area contributed by atoms with Crippen molar-refractivity contribution in [3.8, 4) is 17.3 Å². The van der Waals surface area contributed by atoms with Gasteiger partial charge in [0.05, 0.1) is 46.8 Å². The highest BCUT2D eigenvalue weighted by molar-refractivity contribution is 6.08. The summed E-state index contributed by atoms with van der Waals surface area (Å²) in [5, 5.41) is 17.3. The maximum absolute atomic E-state index is 13.5. The van der Waals surface area contributed by atoms with Crippen LogP contribution in [0.25, 0.3) is 33.3 Å². The number of aromatic nitrogens is 5. The average molecular weight is 475 g/mol. The van der Waals surface area contributed by atoms with Crippen LogP contribution in [0.5, 0.6) is 0 Å². The fraction of sp³-hybridized carbons (Fsp3) is 0.185. The first kappa shape index (κ1) is 21.7. The normalized spacial score (nSPS) is 13.8. The van der Waals surface area contributed by atoms with Gasteiger partial charge in [0.1, 0.15) is 5.52 Å². The number of benzene rings is 1. The first-order chi connectivity index (χ1) is 17.4. The molecule has 5 heterocycles. The summed E-state index contributed by atoms with van der Waals surface area (Å²) in [4.78, 5) is 30.8. The lowest BCUT2D eigenvalue weighted by molar-refractivity contribution is 0.213. The SMILES string of the molecule is CN1Cc2cnc3ccc(-c4cnc5[nH]ncc5c4)nc3c2N(c2ccc(C(C)(C)C#N)cc2)C1=O. The lowest BCUT2D eigenvalue weighted by atomic mass is 9.86. The van der Waals surface area contributed by atoms with Gasteiger partial charge in [0.25, 0.3) is 0 Å². The topological polar surface area (TPSA) is 115 Å². The maximum Gasteiger partial charge on any atom is 0.329 e. The van der Waals surface area contributed by atoms with Crippen LogP contribution in [0.15, 0.2) is 61.1 Å². The Morgan fingerprint density at radius 2 is 1.86 bits per heavy atom. The van der Waals surface area contributed by atoms with Gasteiger partial charge < -0.3 is 4.90 Å². The lowest BCUT2D eigenvalue weighted by Crippen LogP contribution is -2.42. The first-order valence-corrected chi connectivity index (χ1v) is 11.5. The Balaban J connectivity index is 1.53. The summed E-state index contributed by atoms with van der Waals surface area (Å²) in [6, 6.07) is 15.5. The molecule has 6 rings (SSSR count). The van der Waals surface area contributed by atoms with Gasteiger partial charge >= 0.3 is 6.03 Å². The van der Waals surface area contributed by atoms with Crippen molar-refractivity contribution in [2.75, 3.05) is 11.9 Å². The van der Waals surface area contributed by atoms with E-state index in [1.165, 1.54) is 0 Å². The smallest absolute Gasteiger partial charge is 0.323 e. The molecule has 0 spiro atoms. The van der Waals surface area contributed by atoms with Gasteiger partial charge in [-0.2, -0.15) is 10.4 Å². The lowest BCUT2D eigenvalue weighted by Gasteiger charge is -2.35. The molecular weight excluding hydrogens is 452 g/mol. The molecule has 5 aromatic rings. The Morgan fingerprint density at radius 1 is 1.06 bits per heavy atom. The number of aromatic amines is 1. The van der Waals surface area contributed by atoms with E-state index in [-0.39, 0.29) is 6.03 Å². The number of anilines is 2. The van der Waals surface area contributed by atoms with Crippen molar-refractivity contribution < 1.29 is 4.79 Å². The zero-order valence-corrected chi connectivity index (χ0v) is 20.0. The zero-order chi connectivity index (χ0) is 25.0. The number of nitrogens with one attached hydrogen (secondary N) is 1. The van der Waals surface area contributed by atoms with Crippen LogP contribution < -0.4 is 4.90 Å². The highest BCUT2D eigenvalue weighted by Crippen LogP contribution is 2.39. The number of nitrogens with zero attached hydrogens (tertiary/aromatic N) is 7. The number of amides is 2. The molecule has 1 aliphatic heterocycles. The fourth-order valence-corrected chi connectivity index (χ4v) is 4.51. The predicted molar refractivity (Wildman–Crippen MR) is 137 cm³/mol. The van der Waals surface area contributed by atoms with Gasteiger partial charge in [-0.05, 0) is 49.7 Å². The van der Waals surface area contributed by atoms with Crippen LogP contribution in [0, 0.1) is 11.3 Å². The first-order valence-electron chi connectivity index (χ1n) is 11.5. The molecule has 9 nitrogen and oxygen atoms in total. The predicted octanol–water partition coefficient (Wildman–Crippen LogP) is 5.07. The number of urea groups is 1. The average Bonchev–Trinajstić information content (AvgIpc) is 3.37. The van der Waals surface area contributed by atoms with Crippen LogP contribution in [0.1, 0.15) is 25.0 Å². The molecule has 0 saturated heterocycles. The van der Waals surface area contributed by atoms with E-state index in [9.17, 15) is 10.1 Å². The zero-order valence-electron chi connectivity index (χ0n) is 20.0. The van der Waals surface area contributed by atoms with Crippen LogP contribution in [0.2, 0.25) is 0 Å². The van der Waals surface area contributed by atoms with Crippen LogP contribution in [-0.4, -0.2) is 43.1 Å². The van der Waals surface area contributed by atoms with Crippen molar-refractivity contribution in [1.82, 2.24) is 30.0 Å². The van der Waals surface area contributed by atoms with E-state index in [0.717, 1.165) is 33.5 Å². The van der Waals surface area contributed by atoms with E-state index in [1.807, 2.05) is 56.3 Å². The minimum Gasteiger partial charge on any atom is -0.323 e. The second-order valence-electron chi connectivity index (χ2n) is 9.49. The van der Waals surface area contributed by atoms with Gasteiger partial charge in [-0.25, -0.2) is 14.8 Å². The van der Waals surface area contributed by atoms with Gasteiger partial charge in [0, 0.05) is 36.0 Å². The van der Waals surface area contributed by atoms with Gasteiger partial charge in [-0.1, -0.05) is 12.1 Å². The molecule has 1 aliphatic rings. The number of nitriles is 1. The largest absolute Gasteiger partial charge is 0.329 e. The highest BCUT2D eigenvalue weighted by Gasteiger charge is 2.32. The van der Waals surface area contributed by atoms with Crippen molar-refractivity contribution in [3.05, 3.63) is 72.2 Å². The Hall–Kier alpha value is -4.84. The van der Waals surface area contributed by atoms with E-state index in [0.29, 0.717) is 28.9 Å². The molecule has 9 heteroatoms.